The van der Waals surface area contributed by atoms with Crippen molar-refractivity contribution in [2.75, 3.05) is 26.5 Å². The highest BCUT2D eigenvalue weighted by molar-refractivity contribution is 7.89. The van der Waals surface area contributed by atoms with E-state index in [1.54, 1.807) is 6.92 Å². The van der Waals surface area contributed by atoms with Gasteiger partial charge in [0.1, 0.15) is 0 Å². The normalized spacial score (nSPS) is 14.1. The van der Waals surface area contributed by atoms with E-state index < -0.39 is 10.0 Å². The van der Waals surface area contributed by atoms with Crippen molar-refractivity contribution in [3.63, 3.8) is 0 Å². The Labute approximate surface area is 96.6 Å². The maximum Gasteiger partial charge on any atom is 0.216 e. The molecule has 0 spiro atoms. The van der Waals surface area contributed by atoms with Crippen LogP contribution in [0, 0.1) is 0 Å². The number of thiocarbonyl (C=S) groups is 1. The number of methoxy groups -OCH3 is 1. The minimum atomic E-state index is -3.27. The summed E-state index contributed by atoms with van der Waals surface area (Å²) in [4.78, 5) is 0.316. The van der Waals surface area contributed by atoms with E-state index in [1.165, 1.54) is 18.5 Å². The van der Waals surface area contributed by atoms with Crippen LogP contribution in [0.25, 0.3) is 0 Å². The molecule has 0 saturated heterocycles. The highest BCUT2D eigenvalue weighted by Crippen LogP contribution is 2.08. The molecule has 0 amide bonds. The fourth-order valence-electron chi connectivity index (χ4n) is 1.03. The van der Waals surface area contributed by atoms with Crippen molar-refractivity contribution < 1.29 is 13.2 Å². The van der Waals surface area contributed by atoms with Crippen LogP contribution in [0.1, 0.15) is 13.3 Å². The maximum absolute atomic E-state index is 11.7. The second-order valence-electron chi connectivity index (χ2n) is 3.34. The summed E-state index contributed by atoms with van der Waals surface area (Å²) in [5.74, 6) is -0.0261. The third kappa shape index (κ3) is 5.41. The molecule has 0 bridgehead atoms. The van der Waals surface area contributed by atoms with Crippen molar-refractivity contribution in [3.05, 3.63) is 0 Å². The smallest absolute Gasteiger partial charge is 0.216 e. The van der Waals surface area contributed by atoms with Crippen molar-refractivity contribution >= 4 is 27.2 Å². The Kier molecular flexibility index (Phi) is 6.26. The zero-order chi connectivity index (χ0) is 12.1. The summed E-state index contributed by atoms with van der Waals surface area (Å²) in [5, 5.41) is 0. The molecule has 0 aliphatic rings. The topological polar surface area (TPSA) is 72.6 Å². The van der Waals surface area contributed by atoms with Gasteiger partial charge in [-0.1, -0.05) is 12.2 Å². The van der Waals surface area contributed by atoms with E-state index in [4.69, 9.17) is 22.7 Å². The summed E-state index contributed by atoms with van der Waals surface area (Å²) >= 11 is 4.73. The number of sulfonamides is 1. The molecule has 0 aromatic carbocycles. The fourth-order valence-corrected chi connectivity index (χ4v) is 2.56. The lowest BCUT2D eigenvalue weighted by atomic mass is 10.2. The van der Waals surface area contributed by atoms with Crippen molar-refractivity contribution in [3.8, 4) is 0 Å². The van der Waals surface area contributed by atoms with Crippen LogP contribution in [0.15, 0.2) is 0 Å². The molecule has 0 aliphatic heterocycles. The molecule has 15 heavy (non-hydrogen) atoms. The second-order valence-corrected chi connectivity index (χ2v) is 6.02. The minimum absolute atomic E-state index is 0.0261. The van der Waals surface area contributed by atoms with E-state index in [0.29, 0.717) is 11.4 Å². The van der Waals surface area contributed by atoms with Crippen LogP contribution in [-0.2, 0) is 14.8 Å². The number of rotatable bonds is 7. The summed E-state index contributed by atoms with van der Waals surface area (Å²) in [6, 6.07) is -0.218. The fraction of sp³-hybridized carbons (Fsp3) is 0.875. The molecule has 0 rings (SSSR count). The van der Waals surface area contributed by atoms with Crippen LogP contribution < -0.4 is 5.73 Å². The molecule has 1 atom stereocenters. The molecular weight excluding hydrogens is 236 g/mol. The summed E-state index contributed by atoms with van der Waals surface area (Å²) in [7, 11) is -0.286. The summed E-state index contributed by atoms with van der Waals surface area (Å²) < 4.78 is 29.4. The predicted octanol–water partition coefficient (Wildman–Crippen LogP) is -0.0409. The number of nitrogens with two attached hydrogens (primary N) is 1. The lowest BCUT2D eigenvalue weighted by molar-refractivity contribution is 0.215. The first-order valence-corrected chi connectivity index (χ1v) is 6.56. The van der Waals surface area contributed by atoms with E-state index in [2.05, 4.69) is 0 Å². The van der Waals surface area contributed by atoms with Gasteiger partial charge >= 0.3 is 0 Å². The van der Waals surface area contributed by atoms with Gasteiger partial charge in [0.25, 0.3) is 0 Å². The van der Waals surface area contributed by atoms with Crippen molar-refractivity contribution in [1.29, 1.82) is 0 Å². The molecule has 0 aliphatic carbocycles. The zero-order valence-electron chi connectivity index (χ0n) is 9.26. The maximum atomic E-state index is 11.7. The first-order valence-electron chi connectivity index (χ1n) is 4.54. The van der Waals surface area contributed by atoms with Crippen LogP contribution in [0.3, 0.4) is 0 Å². The van der Waals surface area contributed by atoms with E-state index in [9.17, 15) is 8.42 Å². The summed E-state index contributed by atoms with van der Waals surface area (Å²) in [5.41, 5.74) is 5.36. The molecule has 0 aromatic heterocycles. The zero-order valence-corrected chi connectivity index (χ0v) is 10.9. The largest absolute Gasteiger partial charge is 0.393 e. The monoisotopic (exact) mass is 254 g/mol. The quantitative estimate of drug-likeness (QED) is 0.645. The van der Waals surface area contributed by atoms with Gasteiger partial charge in [-0.3, -0.25) is 0 Å². The molecule has 1 unspecified atom stereocenters. The number of hydrogen-bond donors (Lipinski definition) is 1. The Morgan fingerprint density at radius 1 is 1.60 bits per heavy atom. The minimum Gasteiger partial charge on any atom is -0.393 e. The Bertz CT molecular complexity index is 303. The summed E-state index contributed by atoms with van der Waals surface area (Å²) in [6.07, 6.45) is 0.387. The number of ether oxygens (including phenoxy) is 1. The Hall–Kier alpha value is -0.240. The van der Waals surface area contributed by atoms with Gasteiger partial charge in [0, 0.05) is 26.6 Å². The van der Waals surface area contributed by atoms with Crippen LogP contribution in [-0.4, -0.2) is 50.3 Å². The molecule has 0 saturated carbocycles. The molecule has 0 fully saturated rings. The van der Waals surface area contributed by atoms with Gasteiger partial charge in [-0.2, -0.15) is 0 Å². The van der Waals surface area contributed by atoms with Gasteiger partial charge in [0.05, 0.1) is 17.3 Å². The van der Waals surface area contributed by atoms with Crippen molar-refractivity contribution in [2.24, 2.45) is 5.73 Å². The Morgan fingerprint density at radius 3 is 2.53 bits per heavy atom. The van der Waals surface area contributed by atoms with Crippen molar-refractivity contribution in [2.45, 2.75) is 19.4 Å². The van der Waals surface area contributed by atoms with Gasteiger partial charge in [0.2, 0.25) is 10.0 Å². The first kappa shape index (κ1) is 14.8. The Morgan fingerprint density at radius 2 is 2.13 bits per heavy atom. The third-order valence-corrected chi connectivity index (χ3v) is 4.19. The van der Waals surface area contributed by atoms with Crippen LogP contribution in [0.5, 0.6) is 0 Å². The van der Waals surface area contributed by atoms with Gasteiger partial charge in [0.15, 0.2) is 0 Å². The molecular formula is C8H18N2O3S2. The van der Waals surface area contributed by atoms with E-state index in [0.717, 1.165) is 0 Å². The summed E-state index contributed by atoms with van der Waals surface area (Å²) in [6.45, 7) is 1.95. The van der Waals surface area contributed by atoms with Gasteiger partial charge < -0.3 is 10.5 Å². The molecule has 0 radical (unpaired) electrons. The molecule has 2 N–H and O–H groups in total. The van der Waals surface area contributed by atoms with Gasteiger partial charge in [-0.25, -0.2) is 12.7 Å². The molecule has 5 nitrogen and oxygen atoms in total. The average Bonchev–Trinajstić information content (AvgIpc) is 2.12. The Balaban J connectivity index is 4.40. The molecule has 0 heterocycles. The van der Waals surface area contributed by atoms with Crippen LogP contribution in [0.4, 0.5) is 0 Å². The molecule has 0 aromatic rings. The molecule has 7 heteroatoms. The molecule has 90 valence electrons. The SMILES string of the molecule is COCCS(=O)(=O)N(C)C(C)CC(N)=S. The standard InChI is InChI=1S/C8H18N2O3S2/c1-7(6-8(9)14)10(2)15(11,12)5-4-13-3/h7H,4-6H2,1-3H3,(H2,9,14). The lowest BCUT2D eigenvalue weighted by Gasteiger charge is -2.23. The van der Waals surface area contributed by atoms with Crippen LogP contribution >= 0.6 is 12.2 Å². The van der Waals surface area contributed by atoms with Crippen LogP contribution in [0.2, 0.25) is 0 Å². The average molecular weight is 254 g/mol. The van der Waals surface area contributed by atoms with E-state index in [1.807, 2.05) is 0 Å². The lowest BCUT2D eigenvalue weighted by Crippen LogP contribution is -2.39. The number of nitrogens with zero attached hydrogens (tertiary/aromatic N) is 1. The highest BCUT2D eigenvalue weighted by atomic mass is 32.2. The van der Waals surface area contributed by atoms with Crippen molar-refractivity contribution in [1.82, 2.24) is 4.31 Å². The second kappa shape index (κ2) is 6.37. The third-order valence-electron chi connectivity index (χ3n) is 2.10. The number of hydrogen-bond acceptors (Lipinski definition) is 4. The van der Waals surface area contributed by atoms with Gasteiger partial charge in [-0.05, 0) is 6.92 Å². The highest BCUT2D eigenvalue weighted by Gasteiger charge is 2.23. The van der Waals surface area contributed by atoms with Gasteiger partial charge in [-0.15, -0.1) is 0 Å². The van der Waals surface area contributed by atoms with E-state index in [-0.39, 0.29) is 18.4 Å². The predicted molar refractivity (Wildman–Crippen MR) is 64.3 cm³/mol. The van der Waals surface area contributed by atoms with E-state index >= 15 is 0 Å². The first-order chi connectivity index (χ1) is 6.81.